The summed E-state index contributed by atoms with van der Waals surface area (Å²) in [6.07, 6.45) is 4.58. The van der Waals surface area contributed by atoms with Gasteiger partial charge in [0.25, 0.3) is 0 Å². The van der Waals surface area contributed by atoms with Crippen LogP contribution in [-0.2, 0) is 0 Å². The Kier molecular flexibility index (Phi) is 3.00. The molecule has 0 unspecified atom stereocenters. The Morgan fingerprint density at radius 2 is 2.00 bits per heavy atom. The fourth-order valence-corrected chi connectivity index (χ4v) is 2.48. The van der Waals surface area contributed by atoms with Crippen molar-refractivity contribution in [2.24, 2.45) is 0 Å². The van der Waals surface area contributed by atoms with Gasteiger partial charge in [-0.2, -0.15) is 0 Å². The number of nitrogens with one attached hydrogen (secondary N) is 1. The number of nitrogens with zero attached hydrogens (tertiary/aromatic N) is 4. The third-order valence-electron chi connectivity index (χ3n) is 3.53. The summed E-state index contributed by atoms with van der Waals surface area (Å²) in [5.41, 5.74) is 3.50. The zero-order valence-corrected chi connectivity index (χ0v) is 12.2. The average molecular weight is 293 g/mol. The molecule has 0 saturated heterocycles. The number of H-pyrrole nitrogens is 1. The van der Waals surface area contributed by atoms with Gasteiger partial charge in [0.1, 0.15) is 5.75 Å². The predicted octanol–water partition coefficient (Wildman–Crippen LogP) is 3.06. The van der Waals surface area contributed by atoms with Crippen LogP contribution in [0.4, 0.5) is 0 Å². The van der Waals surface area contributed by atoms with Gasteiger partial charge in [-0.25, -0.2) is 4.98 Å². The van der Waals surface area contributed by atoms with Crippen molar-refractivity contribution in [3.8, 4) is 17.1 Å². The van der Waals surface area contributed by atoms with Crippen molar-refractivity contribution in [2.45, 2.75) is 13.3 Å². The number of hydrogen-bond donors (Lipinski definition) is 1. The van der Waals surface area contributed by atoms with Gasteiger partial charge in [-0.05, 0) is 36.8 Å². The predicted molar refractivity (Wildman–Crippen MR) is 83.9 cm³/mol. The summed E-state index contributed by atoms with van der Waals surface area (Å²) >= 11 is 0. The normalized spacial score (nSPS) is 11.3. The topological polar surface area (TPSA) is 68.1 Å². The Morgan fingerprint density at radius 3 is 2.82 bits per heavy atom. The highest BCUT2D eigenvalue weighted by molar-refractivity contribution is 5.77. The van der Waals surface area contributed by atoms with Crippen molar-refractivity contribution in [2.75, 3.05) is 6.61 Å². The van der Waals surface area contributed by atoms with E-state index in [1.807, 2.05) is 40.9 Å². The second-order valence-electron chi connectivity index (χ2n) is 5.06. The van der Waals surface area contributed by atoms with Gasteiger partial charge >= 0.3 is 0 Å². The Bertz CT molecular complexity index is 923. The lowest BCUT2D eigenvalue weighted by atomic mass is 10.2. The summed E-state index contributed by atoms with van der Waals surface area (Å²) in [6, 6.07) is 9.89. The Balaban J connectivity index is 1.81. The fraction of sp³-hybridized carbons (Fsp3) is 0.188. The molecule has 3 heterocycles. The molecule has 6 heteroatoms. The molecule has 0 saturated carbocycles. The van der Waals surface area contributed by atoms with E-state index in [1.165, 1.54) is 0 Å². The number of ether oxygens (including phenoxy) is 1. The van der Waals surface area contributed by atoms with Gasteiger partial charge in [0.15, 0.2) is 17.1 Å². The smallest absolute Gasteiger partial charge is 0.180 e. The maximum absolute atomic E-state index is 5.61. The Hall–Kier alpha value is -2.89. The first-order chi connectivity index (χ1) is 10.9. The monoisotopic (exact) mass is 293 g/mol. The number of rotatable bonds is 4. The van der Waals surface area contributed by atoms with Crippen molar-refractivity contribution in [1.29, 1.82) is 0 Å². The van der Waals surface area contributed by atoms with Crippen molar-refractivity contribution >= 4 is 16.8 Å². The van der Waals surface area contributed by atoms with E-state index in [0.717, 1.165) is 47.0 Å². The average Bonchev–Trinajstić information content (AvgIpc) is 3.19. The molecule has 0 aliphatic rings. The fourth-order valence-electron chi connectivity index (χ4n) is 2.48. The zero-order valence-electron chi connectivity index (χ0n) is 12.2. The first-order valence-corrected chi connectivity index (χ1v) is 7.27. The molecule has 0 spiro atoms. The molecule has 0 fully saturated rings. The lowest BCUT2D eigenvalue weighted by Crippen LogP contribution is -1.95. The van der Waals surface area contributed by atoms with Crippen molar-refractivity contribution in [3.05, 3.63) is 42.7 Å². The van der Waals surface area contributed by atoms with Crippen LogP contribution in [0.25, 0.3) is 28.2 Å². The maximum atomic E-state index is 5.61. The minimum absolute atomic E-state index is 0.725. The van der Waals surface area contributed by atoms with Crippen LogP contribution in [0.15, 0.2) is 42.7 Å². The summed E-state index contributed by atoms with van der Waals surface area (Å²) in [5.74, 6) is 1.66. The van der Waals surface area contributed by atoms with Crippen LogP contribution >= 0.6 is 0 Å². The highest BCUT2D eigenvalue weighted by atomic mass is 16.5. The van der Waals surface area contributed by atoms with Gasteiger partial charge in [-0.1, -0.05) is 6.92 Å². The molecule has 0 atom stereocenters. The van der Waals surface area contributed by atoms with Gasteiger partial charge in [-0.3, -0.25) is 4.40 Å². The van der Waals surface area contributed by atoms with E-state index >= 15 is 0 Å². The molecule has 4 rings (SSSR count). The third-order valence-corrected chi connectivity index (χ3v) is 3.53. The number of aromatic amines is 1. The SMILES string of the molecule is CCCOc1ccc(-c2nnc3cnc4[nH]ccc4n23)cc1. The summed E-state index contributed by atoms with van der Waals surface area (Å²) < 4.78 is 7.62. The van der Waals surface area contributed by atoms with Crippen LogP contribution in [0.2, 0.25) is 0 Å². The molecule has 0 aliphatic carbocycles. The van der Waals surface area contributed by atoms with E-state index in [2.05, 4.69) is 27.1 Å². The maximum Gasteiger partial charge on any atom is 0.180 e. The molecule has 1 aromatic carbocycles. The standard InChI is InChI=1S/C16H15N5O/c1-2-9-22-12-5-3-11(4-6-12)16-20-19-14-10-18-15-13(21(14)16)7-8-17-15/h3-8,10,17H,2,9H2,1H3. The summed E-state index contributed by atoms with van der Waals surface area (Å²) in [5, 5.41) is 8.51. The van der Waals surface area contributed by atoms with Gasteiger partial charge < -0.3 is 9.72 Å². The highest BCUT2D eigenvalue weighted by Gasteiger charge is 2.12. The molecule has 6 nitrogen and oxygen atoms in total. The minimum Gasteiger partial charge on any atom is -0.494 e. The van der Waals surface area contributed by atoms with Crippen LogP contribution in [0, 0.1) is 0 Å². The Labute approximate surface area is 126 Å². The number of benzene rings is 1. The molecule has 0 amide bonds. The molecule has 0 bridgehead atoms. The number of hydrogen-bond acceptors (Lipinski definition) is 4. The van der Waals surface area contributed by atoms with Gasteiger partial charge in [0.05, 0.1) is 18.3 Å². The molecular formula is C16H15N5O. The number of aromatic nitrogens is 5. The van der Waals surface area contributed by atoms with E-state index in [1.54, 1.807) is 6.20 Å². The van der Waals surface area contributed by atoms with Crippen molar-refractivity contribution in [3.63, 3.8) is 0 Å². The lowest BCUT2D eigenvalue weighted by Gasteiger charge is -2.05. The molecule has 4 aromatic rings. The molecule has 22 heavy (non-hydrogen) atoms. The highest BCUT2D eigenvalue weighted by Crippen LogP contribution is 2.24. The van der Waals surface area contributed by atoms with Crippen LogP contribution in [-0.4, -0.2) is 31.2 Å². The van der Waals surface area contributed by atoms with Gasteiger partial charge in [-0.15, -0.1) is 10.2 Å². The van der Waals surface area contributed by atoms with Gasteiger partial charge in [0, 0.05) is 11.8 Å². The van der Waals surface area contributed by atoms with Crippen LogP contribution in [0.3, 0.4) is 0 Å². The van der Waals surface area contributed by atoms with Gasteiger partial charge in [0.2, 0.25) is 0 Å². The van der Waals surface area contributed by atoms with E-state index in [-0.39, 0.29) is 0 Å². The minimum atomic E-state index is 0.725. The van der Waals surface area contributed by atoms with E-state index in [0.29, 0.717) is 0 Å². The second kappa shape index (κ2) is 5.14. The molecule has 0 radical (unpaired) electrons. The zero-order chi connectivity index (χ0) is 14.9. The van der Waals surface area contributed by atoms with Crippen molar-refractivity contribution in [1.82, 2.24) is 24.6 Å². The van der Waals surface area contributed by atoms with E-state index in [9.17, 15) is 0 Å². The molecule has 110 valence electrons. The molecule has 3 aromatic heterocycles. The molecule has 1 N–H and O–H groups in total. The number of fused-ring (bicyclic) bond motifs is 3. The first-order valence-electron chi connectivity index (χ1n) is 7.27. The lowest BCUT2D eigenvalue weighted by molar-refractivity contribution is 0.317. The Morgan fingerprint density at radius 1 is 1.14 bits per heavy atom. The third kappa shape index (κ3) is 2.00. The summed E-state index contributed by atoms with van der Waals surface area (Å²) in [7, 11) is 0. The molecule has 0 aliphatic heterocycles. The van der Waals surface area contributed by atoms with Crippen LogP contribution < -0.4 is 4.74 Å². The quantitative estimate of drug-likeness (QED) is 0.628. The van der Waals surface area contributed by atoms with Crippen LogP contribution in [0.5, 0.6) is 5.75 Å². The van der Waals surface area contributed by atoms with Crippen molar-refractivity contribution < 1.29 is 4.74 Å². The molecular weight excluding hydrogens is 278 g/mol. The summed E-state index contributed by atoms with van der Waals surface area (Å²) in [6.45, 7) is 2.82. The summed E-state index contributed by atoms with van der Waals surface area (Å²) in [4.78, 5) is 7.43. The van der Waals surface area contributed by atoms with Crippen LogP contribution in [0.1, 0.15) is 13.3 Å². The first kappa shape index (κ1) is 12.8. The van der Waals surface area contributed by atoms with E-state index < -0.39 is 0 Å². The second-order valence-corrected chi connectivity index (χ2v) is 5.06. The largest absolute Gasteiger partial charge is 0.494 e. The van der Waals surface area contributed by atoms with E-state index in [4.69, 9.17) is 4.74 Å².